The van der Waals surface area contributed by atoms with E-state index in [1.54, 1.807) is 0 Å². The largest absolute Gasteiger partial charge is 0.298 e. The van der Waals surface area contributed by atoms with Crippen LogP contribution < -0.4 is 0 Å². The summed E-state index contributed by atoms with van der Waals surface area (Å²) in [4.78, 5) is 2.32. The van der Waals surface area contributed by atoms with Gasteiger partial charge >= 0.3 is 0 Å². The van der Waals surface area contributed by atoms with Crippen molar-refractivity contribution >= 4 is 6.08 Å². The van der Waals surface area contributed by atoms with Crippen LogP contribution in [0.5, 0.6) is 0 Å². The summed E-state index contributed by atoms with van der Waals surface area (Å²) in [6.45, 7) is 5.93. The summed E-state index contributed by atoms with van der Waals surface area (Å²) in [7, 11) is 2.15. The van der Waals surface area contributed by atoms with Crippen LogP contribution >= 0.6 is 0 Å². The van der Waals surface area contributed by atoms with Gasteiger partial charge in [-0.25, -0.2) is 0 Å². The molecule has 62 valence electrons. The third kappa shape index (κ3) is 1.16. The summed E-state index contributed by atoms with van der Waals surface area (Å²) in [5, 5.41) is 0. The van der Waals surface area contributed by atoms with E-state index in [2.05, 4.69) is 36.7 Å². The minimum Gasteiger partial charge on any atom is -0.298 e. The van der Waals surface area contributed by atoms with Gasteiger partial charge in [0.15, 0.2) is 0 Å². The van der Waals surface area contributed by atoms with Crippen LogP contribution in [0.4, 0.5) is 0 Å². The van der Waals surface area contributed by atoms with E-state index in [0.29, 0.717) is 0 Å². The summed E-state index contributed by atoms with van der Waals surface area (Å²) >= 11 is 0. The molecule has 12 heavy (non-hydrogen) atoms. The summed E-state index contributed by atoms with van der Waals surface area (Å²) in [6.07, 6.45) is 1.90. The Kier molecular flexibility index (Phi) is 1.74. The molecule has 0 aliphatic carbocycles. The van der Waals surface area contributed by atoms with Crippen molar-refractivity contribution in [3.8, 4) is 0 Å². The van der Waals surface area contributed by atoms with Crippen LogP contribution in [0.25, 0.3) is 6.08 Å². The van der Waals surface area contributed by atoms with Crippen molar-refractivity contribution in [3.05, 3.63) is 41.5 Å². The highest BCUT2D eigenvalue weighted by Gasteiger charge is 2.14. The normalized spacial score (nSPS) is 16.1. The van der Waals surface area contributed by atoms with E-state index in [1.165, 1.54) is 16.7 Å². The number of benzene rings is 1. The molecule has 0 N–H and O–H groups in total. The van der Waals surface area contributed by atoms with E-state index in [0.717, 1.165) is 13.1 Å². The highest BCUT2D eigenvalue weighted by atomic mass is 15.1. The van der Waals surface area contributed by atoms with Crippen molar-refractivity contribution in [1.82, 2.24) is 4.90 Å². The molecule has 0 radical (unpaired) electrons. The van der Waals surface area contributed by atoms with Crippen molar-refractivity contribution in [1.29, 1.82) is 0 Å². The van der Waals surface area contributed by atoms with Gasteiger partial charge in [-0.05, 0) is 23.7 Å². The Bertz CT molecular complexity index is 315. The fourth-order valence-electron chi connectivity index (χ4n) is 1.71. The second-order valence-electron chi connectivity index (χ2n) is 3.40. The summed E-state index contributed by atoms with van der Waals surface area (Å²) in [6, 6.07) is 6.56. The van der Waals surface area contributed by atoms with Gasteiger partial charge in [0.1, 0.15) is 0 Å². The molecule has 0 spiro atoms. The molecule has 1 heteroatoms. The van der Waals surface area contributed by atoms with Crippen molar-refractivity contribution in [3.63, 3.8) is 0 Å². The Hall–Kier alpha value is -1.08. The zero-order valence-electron chi connectivity index (χ0n) is 7.38. The number of nitrogens with zero attached hydrogens (tertiary/aromatic N) is 1. The minimum atomic E-state index is 1.08. The van der Waals surface area contributed by atoms with E-state index < -0.39 is 0 Å². The highest BCUT2D eigenvalue weighted by Crippen LogP contribution is 2.22. The first-order valence-electron chi connectivity index (χ1n) is 4.22. The predicted molar refractivity (Wildman–Crippen MR) is 51.7 cm³/mol. The lowest BCUT2D eigenvalue weighted by atomic mass is 10.1. The molecule has 1 aliphatic rings. The molecule has 0 bridgehead atoms. The SMILES string of the molecule is C=Cc1ccc2c(c1)CN(C)C2. The van der Waals surface area contributed by atoms with Crippen molar-refractivity contribution < 1.29 is 0 Å². The standard InChI is InChI=1S/C11H13N/c1-3-9-4-5-10-7-12(2)8-11(10)6-9/h3-6H,1,7-8H2,2H3. The molecule has 1 aliphatic heterocycles. The maximum Gasteiger partial charge on any atom is 0.0237 e. The molecule has 1 aromatic carbocycles. The van der Waals surface area contributed by atoms with E-state index in [9.17, 15) is 0 Å². The van der Waals surface area contributed by atoms with Crippen LogP contribution in [-0.4, -0.2) is 11.9 Å². The van der Waals surface area contributed by atoms with Gasteiger partial charge in [-0.3, -0.25) is 4.90 Å². The highest BCUT2D eigenvalue weighted by molar-refractivity contribution is 5.50. The lowest BCUT2D eigenvalue weighted by Crippen LogP contribution is -2.07. The van der Waals surface area contributed by atoms with Gasteiger partial charge in [0.25, 0.3) is 0 Å². The lowest BCUT2D eigenvalue weighted by molar-refractivity contribution is 0.353. The molecule has 0 saturated heterocycles. The molecule has 2 rings (SSSR count). The van der Waals surface area contributed by atoms with E-state index in [4.69, 9.17) is 0 Å². The fourth-order valence-corrected chi connectivity index (χ4v) is 1.71. The first kappa shape index (κ1) is 7.56. The third-order valence-corrected chi connectivity index (χ3v) is 2.35. The Labute approximate surface area is 73.3 Å². The van der Waals surface area contributed by atoms with Gasteiger partial charge in [-0.1, -0.05) is 30.9 Å². The second-order valence-corrected chi connectivity index (χ2v) is 3.40. The first-order valence-corrected chi connectivity index (χ1v) is 4.22. The number of hydrogen-bond donors (Lipinski definition) is 0. The van der Waals surface area contributed by atoms with Crippen molar-refractivity contribution in [2.24, 2.45) is 0 Å². The van der Waals surface area contributed by atoms with Crippen LogP contribution in [0.1, 0.15) is 16.7 Å². The van der Waals surface area contributed by atoms with Gasteiger partial charge in [0.2, 0.25) is 0 Å². The number of rotatable bonds is 1. The Balaban J connectivity index is 2.41. The zero-order chi connectivity index (χ0) is 8.55. The fraction of sp³-hybridized carbons (Fsp3) is 0.273. The molecule has 1 nitrogen and oxygen atoms in total. The van der Waals surface area contributed by atoms with E-state index in [-0.39, 0.29) is 0 Å². The van der Waals surface area contributed by atoms with Crippen LogP contribution in [-0.2, 0) is 13.1 Å². The maximum atomic E-state index is 3.76. The van der Waals surface area contributed by atoms with Crippen LogP contribution in [0.15, 0.2) is 24.8 Å². The van der Waals surface area contributed by atoms with Gasteiger partial charge in [0, 0.05) is 13.1 Å². The molecule has 0 saturated carbocycles. The van der Waals surface area contributed by atoms with Crippen LogP contribution in [0.2, 0.25) is 0 Å². The lowest BCUT2D eigenvalue weighted by Gasteiger charge is -2.02. The molecular formula is C11H13N. The molecule has 0 aromatic heterocycles. The Morgan fingerprint density at radius 2 is 2.08 bits per heavy atom. The smallest absolute Gasteiger partial charge is 0.0237 e. The molecule has 1 aromatic rings. The topological polar surface area (TPSA) is 3.24 Å². The predicted octanol–water partition coefficient (Wildman–Crippen LogP) is 2.28. The van der Waals surface area contributed by atoms with Crippen molar-refractivity contribution in [2.75, 3.05) is 7.05 Å². The zero-order valence-corrected chi connectivity index (χ0v) is 7.38. The minimum absolute atomic E-state index is 1.08. The first-order chi connectivity index (χ1) is 5.79. The van der Waals surface area contributed by atoms with Crippen LogP contribution in [0, 0.1) is 0 Å². The molecule has 1 heterocycles. The molecule has 0 atom stereocenters. The second kappa shape index (κ2) is 2.76. The summed E-state index contributed by atoms with van der Waals surface area (Å²) in [5.74, 6) is 0. The number of hydrogen-bond acceptors (Lipinski definition) is 1. The molecule has 0 amide bonds. The number of fused-ring (bicyclic) bond motifs is 1. The maximum absolute atomic E-state index is 3.76. The quantitative estimate of drug-likeness (QED) is 0.607. The summed E-state index contributed by atoms with van der Waals surface area (Å²) < 4.78 is 0. The van der Waals surface area contributed by atoms with E-state index in [1.807, 2.05) is 6.08 Å². The van der Waals surface area contributed by atoms with Gasteiger partial charge < -0.3 is 0 Å². The monoisotopic (exact) mass is 159 g/mol. The molecular weight excluding hydrogens is 146 g/mol. The van der Waals surface area contributed by atoms with Gasteiger partial charge in [0.05, 0.1) is 0 Å². The Morgan fingerprint density at radius 3 is 2.83 bits per heavy atom. The van der Waals surface area contributed by atoms with E-state index >= 15 is 0 Å². The van der Waals surface area contributed by atoms with Crippen LogP contribution in [0.3, 0.4) is 0 Å². The molecule has 0 fully saturated rings. The summed E-state index contributed by atoms with van der Waals surface area (Å²) in [5.41, 5.74) is 4.14. The average molecular weight is 159 g/mol. The third-order valence-electron chi connectivity index (χ3n) is 2.35. The van der Waals surface area contributed by atoms with Gasteiger partial charge in [-0.2, -0.15) is 0 Å². The molecule has 0 unspecified atom stereocenters. The van der Waals surface area contributed by atoms with Crippen molar-refractivity contribution in [2.45, 2.75) is 13.1 Å². The van der Waals surface area contributed by atoms with Gasteiger partial charge in [-0.15, -0.1) is 0 Å². The Morgan fingerprint density at radius 1 is 1.33 bits per heavy atom. The average Bonchev–Trinajstić information content (AvgIpc) is 2.43.